The van der Waals surface area contributed by atoms with Gasteiger partial charge in [0.05, 0.1) is 6.61 Å². The number of aromatic nitrogens is 1. The summed E-state index contributed by atoms with van der Waals surface area (Å²) in [6, 6.07) is 8.36. The summed E-state index contributed by atoms with van der Waals surface area (Å²) in [6.45, 7) is 5.04. The normalized spacial score (nSPS) is 11.8. The molecule has 114 valence electrons. The van der Waals surface area contributed by atoms with Crippen LogP contribution in [-0.2, 0) is 11.2 Å². The number of nitrogens with one attached hydrogen (secondary N) is 3. The highest BCUT2D eigenvalue weighted by molar-refractivity contribution is 5.83. The van der Waals surface area contributed by atoms with Crippen LogP contribution >= 0.6 is 0 Å². The molecule has 0 atom stereocenters. The van der Waals surface area contributed by atoms with Gasteiger partial charge in [-0.05, 0) is 25.0 Å². The predicted octanol–water partition coefficient (Wildman–Crippen LogP) is 1.91. The first kappa shape index (κ1) is 15.4. The molecule has 0 bridgehead atoms. The largest absolute Gasteiger partial charge is 0.380 e. The SMILES string of the molecule is CCOCCNC(=NC)NCCc1c[nH]c2ccccc12. The second kappa shape index (κ2) is 8.32. The maximum Gasteiger partial charge on any atom is 0.191 e. The Morgan fingerprint density at radius 3 is 2.86 bits per heavy atom. The minimum atomic E-state index is 0.694. The highest BCUT2D eigenvalue weighted by Crippen LogP contribution is 2.17. The van der Waals surface area contributed by atoms with E-state index < -0.39 is 0 Å². The molecule has 5 nitrogen and oxygen atoms in total. The van der Waals surface area contributed by atoms with E-state index in [-0.39, 0.29) is 0 Å². The molecule has 1 heterocycles. The Labute approximate surface area is 125 Å². The van der Waals surface area contributed by atoms with E-state index in [1.54, 1.807) is 7.05 Å². The predicted molar refractivity (Wildman–Crippen MR) is 87.9 cm³/mol. The van der Waals surface area contributed by atoms with Crippen molar-refractivity contribution in [1.29, 1.82) is 0 Å². The van der Waals surface area contributed by atoms with Gasteiger partial charge in [0.15, 0.2) is 5.96 Å². The number of para-hydroxylation sites is 1. The van der Waals surface area contributed by atoms with Gasteiger partial charge in [0, 0.05) is 43.8 Å². The van der Waals surface area contributed by atoms with Crippen molar-refractivity contribution in [2.45, 2.75) is 13.3 Å². The number of guanidine groups is 1. The number of benzene rings is 1. The molecule has 0 unspecified atom stereocenters. The van der Waals surface area contributed by atoms with E-state index in [0.29, 0.717) is 6.61 Å². The van der Waals surface area contributed by atoms with Crippen LogP contribution in [0.4, 0.5) is 0 Å². The fraction of sp³-hybridized carbons (Fsp3) is 0.438. The minimum Gasteiger partial charge on any atom is -0.380 e. The summed E-state index contributed by atoms with van der Waals surface area (Å²) in [7, 11) is 1.78. The maximum atomic E-state index is 5.29. The van der Waals surface area contributed by atoms with Gasteiger partial charge in [-0.2, -0.15) is 0 Å². The lowest BCUT2D eigenvalue weighted by Gasteiger charge is -2.11. The number of H-pyrrole nitrogens is 1. The zero-order valence-electron chi connectivity index (χ0n) is 12.8. The fourth-order valence-electron chi connectivity index (χ4n) is 2.26. The first-order valence-corrected chi connectivity index (χ1v) is 7.42. The summed E-state index contributed by atoms with van der Waals surface area (Å²) < 4.78 is 5.29. The van der Waals surface area contributed by atoms with Crippen LogP contribution in [0.1, 0.15) is 12.5 Å². The van der Waals surface area contributed by atoms with Gasteiger partial charge in [0.2, 0.25) is 0 Å². The van der Waals surface area contributed by atoms with E-state index in [2.05, 4.69) is 45.0 Å². The lowest BCUT2D eigenvalue weighted by atomic mass is 10.1. The number of ether oxygens (including phenoxy) is 1. The van der Waals surface area contributed by atoms with Gasteiger partial charge in [0.25, 0.3) is 0 Å². The lowest BCUT2D eigenvalue weighted by Crippen LogP contribution is -2.39. The van der Waals surface area contributed by atoms with Crippen LogP contribution in [-0.4, -0.2) is 44.3 Å². The Morgan fingerprint density at radius 1 is 1.24 bits per heavy atom. The molecular weight excluding hydrogens is 264 g/mol. The molecule has 0 spiro atoms. The summed E-state index contributed by atoms with van der Waals surface area (Å²) in [5.41, 5.74) is 2.51. The molecule has 0 aliphatic heterocycles. The van der Waals surface area contributed by atoms with Crippen molar-refractivity contribution in [2.75, 3.05) is 33.4 Å². The number of rotatable bonds is 7. The van der Waals surface area contributed by atoms with Crippen LogP contribution in [0.5, 0.6) is 0 Å². The third-order valence-electron chi connectivity index (χ3n) is 3.33. The van der Waals surface area contributed by atoms with Crippen molar-refractivity contribution in [1.82, 2.24) is 15.6 Å². The first-order valence-electron chi connectivity index (χ1n) is 7.42. The Balaban J connectivity index is 1.77. The minimum absolute atomic E-state index is 0.694. The van der Waals surface area contributed by atoms with E-state index >= 15 is 0 Å². The molecule has 5 heteroatoms. The molecule has 0 aliphatic rings. The molecule has 0 fully saturated rings. The van der Waals surface area contributed by atoms with Crippen LogP contribution < -0.4 is 10.6 Å². The van der Waals surface area contributed by atoms with Crippen molar-refractivity contribution >= 4 is 16.9 Å². The Bertz CT molecular complexity index is 576. The van der Waals surface area contributed by atoms with Crippen molar-refractivity contribution in [2.24, 2.45) is 4.99 Å². The first-order chi connectivity index (χ1) is 10.3. The number of hydrogen-bond acceptors (Lipinski definition) is 2. The van der Waals surface area contributed by atoms with Crippen LogP contribution in [0.3, 0.4) is 0 Å². The van der Waals surface area contributed by atoms with Crippen molar-refractivity contribution < 1.29 is 4.74 Å². The molecule has 0 radical (unpaired) electrons. The molecule has 0 saturated heterocycles. The highest BCUT2D eigenvalue weighted by Gasteiger charge is 2.03. The third kappa shape index (κ3) is 4.49. The average Bonchev–Trinajstić information content (AvgIpc) is 2.93. The lowest BCUT2D eigenvalue weighted by molar-refractivity contribution is 0.152. The fourth-order valence-corrected chi connectivity index (χ4v) is 2.26. The molecular formula is C16H24N4O. The quantitative estimate of drug-likeness (QED) is 0.414. The van der Waals surface area contributed by atoms with E-state index in [4.69, 9.17) is 4.74 Å². The Hall–Kier alpha value is -2.01. The average molecular weight is 288 g/mol. The molecule has 0 saturated carbocycles. The topological polar surface area (TPSA) is 61.4 Å². The number of aliphatic imine (C=N–C) groups is 1. The number of fused-ring (bicyclic) bond motifs is 1. The van der Waals surface area contributed by atoms with Gasteiger partial charge in [-0.1, -0.05) is 18.2 Å². The van der Waals surface area contributed by atoms with Crippen LogP contribution in [0, 0.1) is 0 Å². The zero-order chi connectivity index (χ0) is 14.9. The summed E-state index contributed by atoms with van der Waals surface area (Å²) in [4.78, 5) is 7.50. The van der Waals surface area contributed by atoms with E-state index in [9.17, 15) is 0 Å². The van der Waals surface area contributed by atoms with Gasteiger partial charge in [-0.3, -0.25) is 4.99 Å². The third-order valence-corrected chi connectivity index (χ3v) is 3.33. The Kier molecular flexibility index (Phi) is 6.09. The molecule has 3 N–H and O–H groups in total. The van der Waals surface area contributed by atoms with E-state index in [1.807, 2.05) is 13.0 Å². The summed E-state index contributed by atoms with van der Waals surface area (Å²) in [5, 5.41) is 7.84. The molecule has 1 aromatic carbocycles. The molecule has 2 aromatic rings. The van der Waals surface area contributed by atoms with E-state index in [1.165, 1.54) is 16.5 Å². The number of nitrogens with zero attached hydrogens (tertiary/aromatic N) is 1. The summed E-state index contributed by atoms with van der Waals surface area (Å²) >= 11 is 0. The molecule has 2 rings (SSSR count). The van der Waals surface area contributed by atoms with Crippen molar-refractivity contribution in [3.63, 3.8) is 0 Å². The number of aromatic amines is 1. The molecule has 1 aromatic heterocycles. The van der Waals surface area contributed by atoms with Crippen molar-refractivity contribution in [3.8, 4) is 0 Å². The summed E-state index contributed by atoms with van der Waals surface area (Å²) in [6.07, 6.45) is 3.04. The molecule has 21 heavy (non-hydrogen) atoms. The smallest absolute Gasteiger partial charge is 0.191 e. The van der Waals surface area contributed by atoms with Crippen LogP contribution in [0.2, 0.25) is 0 Å². The van der Waals surface area contributed by atoms with Crippen LogP contribution in [0.25, 0.3) is 10.9 Å². The monoisotopic (exact) mass is 288 g/mol. The van der Waals surface area contributed by atoms with Gasteiger partial charge < -0.3 is 20.4 Å². The molecule has 0 aliphatic carbocycles. The van der Waals surface area contributed by atoms with Gasteiger partial charge in [-0.15, -0.1) is 0 Å². The summed E-state index contributed by atoms with van der Waals surface area (Å²) in [5.74, 6) is 0.814. The number of hydrogen-bond donors (Lipinski definition) is 3. The highest BCUT2D eigenvalue weighted by atomic mass is 16.5. The standard InChI is InChI=1S/C16H24N4O/c1-3-21-11-10-19-16(17-2)18-9-8-13-12-20-15-7-5-4-6-14(13)15/h4-7,12,20H,3,8-11H2,1-2H3,(H2,17,18,19). The zero-order valence-corrected chi connectivity index (χ0v) is 12.8. The van der Waals surface area contributed by atoms with Crippen molar-refractivity contribution in [3.05, 3.63) is 36.0 Å². The van der Waals surface area contributed by atoms with Crippen LogP contribution in [0.15, 0.2) is 35.5 Å². The second-order valence-electron chi connectivity index (χ2n) is 4.73. The van der Waals surface area contributed by atoms with Gasteiger partial charge in [-0.25, -0.2) is 0 Å². The van der Waals surface area contributed by atoms with Gasteiger partial charge >= 0.3 is 0 Å². The molecule has 0 amide bonds. The Morgan fingerprint density at radius 2 is 2.05 bits per heavy atom. The van der Waals surface area contributed by atoms with Gasteiger partial charge in [0.1, 0.15) is 0 Å². The second-order valence-corrected chi connectivity index (χ2v) is 4.73. The maximum absolute atomic E-state index is 5.29. The van der Waals surface area contributed by atoms with E-state index in [0.717, 1.165) is 32.1 Å².